The van der Waals surface area contributed by atoms with E-state index in [4.69, 9.17) is 11.6 Å². The maximum Gasteiger partial charge on any atom is 0.0410 e. The molecular weight excluding hydrogens is 334 g/mol. The quantitative estimate of drug-likeness (QED) is 0.795. The Morgan fingerprint density at radius 2 is 1.75 bits per heavy atom. The first-order valence-corrected chi connectivity index (χ1v) is 7.86. The van der Waals surface area contributed by atoms with Crippen LogP contribution in [0.2, 0.25) is 5.02 Å². The highest BCUT2D eigenvalue weighted by atomic mass is 79.9. The Labute approximate surface area is 134 Å². The van der Waals surface area contributed by atoms with Gasteiger partial charge in [-0.1, -0.05) is 56.9 Å². The predicted molar refractivity (Wildman–Crippen MR) is 90.6 cm³/mol. The van der Waals surface area contributed by atoms with Crippen molar-refractivity contribution in [1.82, 2.24) is 5.32 Å². The molecule has 106 valence electrons. The SMILES string of the molecule is CNC(Cc1cc(C)cc(C)c1)c1cc(Cl)ccc1Br. The molecule has 0 aromatic heterocycles. The number of aryl methyl sites for hydroxylation is 2. The molecule has 0 aliphatic rings. The van der Waals surface area contributed by atoms with E-state index in [-0.39, 0.29) is 6.04 Å². The molecule has 0 amide bonds. The highest BCUT2D eigenvalue weighted by molar-refractivity contribution is 9.10. The van der Waals surface area contributed by atoms with Gasteiger partial charge in [-0.05, 0) is 56.6 Å². The van der Waals surface area contributed by atoms with Gasteiger partial charge in [-0.15, -0.1) is 0 Å². The second kappa shape index (κ2) is 6.75. The first kappa shape index (κ1) is 15.6. The third-order valence-corrected chi connectivity index (χ3v) is 4.36. The van der Waals surface area contributed by atoms with Crippen molar-refractivity contribution < 1.29 is 0 Å². The van der Waals surface area contributed by atoms with Crippen LogP contribution in [0.1, 0.15) is 28.3 Å². The van der Waals surface area contributed by atoms with Crippen molar-refractivity contribution in [3.05, 3.63) is 68.1 Å². The summed E-state index contributed by atoms with van der Waals surface area (Å²) in [5.41, 5.74) is 5.15. The summed E-state index contributed by atoms with van der Waals surface area (Å²) in [5, 5.41) is 4.15. The Kier molecular flexibility index (Phi) is 5.25. The highest BCUT2D eigenvalue weighted by Crippen LogP contribution is 2.29. The lowest BCUT2D eigenvalue weighted by Crippen LogP contribution is -2.19. The molecule has 0 radical (unpaired) electrons. The van der Waals surface area contributed by atoms with E-state index in [1.807, 2.05) is 25.2 Å². The van der Waals surface area contributed by atoms with Gasteiger partial charge in [0.25, 0.3) is 0 Å². The number of hydrogen-bond donors (Lipinski definition) is 1. The molecule has 0 spiro atoms. The topological polar surface area (TPSA) is 12.0 Å². The monoisotopic (exact) mass is 351 g/mol. The molecule has 20 heavy (non-hydrogen) atoms. The molecule has 0 aliphatic carbocycles. The second-order valence-electron chi connectivity index (χ2n) is 5.21. The summed E-state index contributed by atoms with van der Waals surface area (Å²) < 4.78 is 1.09. The van der Waals surface area contributed by atoms with Gasteiger partial charge in [-0.25, -0.2) is 0 Å². The molecule has 1 N–H and O–H groups in total. The van der Waals surface area contributed by atoms with Gasteiger partial charge in [0.05, 0.1) is 0 Å². The third kappa shape index (κ3) is 3.85. The summed E-state index contributed by atoms with van der Waals surface area (Å²) >= 11 is 9.74. The Balaban J connectivity index is 2.31. The first-order valence-electron chi connectivity index (χ1n) is 6.69. The van der Waals surface area contributed by atoms with Crippen molar-refractivity contribution in [2.75, 3.05) is 7.05 Å². The number of benzene rings is 2. The summed E-state index contributed by atoms with van der Waals surface area (Å²) in [7, 11) is 1.99. The normalized spacial score (nSPS) is 12.4. The van der Waals surface area contributed by atoms with Crippen LogP contribution in [0.25, 0.3) is 0 Å². The Bertz CT molecular complexity index is 590. The van der Waals surface area contributed by atoms with E-state index in [9.17, 15) is 0 Å². The minimum atomic E-state index is 0.240. The summed E-state index contributed by atoms with van der Waals surface area (Å²) in [6.45, 7) is 4.28. The maximum absolute atomic E-state index is 6.12. The minimum absolute atomic E-state index is 0.240. The molecule has 2 rings (SSSR count). The van der Waals surface area contributed by atoms with Crippen LogP contribution in [-0.2, 0) is 6.42 Å². The lowest BCUT2D eigenvalue weighted by Gasteiger charge is -2.19. The number of halogens is 2. The van der Waals surface area contributed by atoms with E-state index >= 15 is 0 Å². The zero-order chi connectivity index (χ0) is 14.7. The van der Waals surface area contributed by atoms with E-state index in [1.54, 1.807) is 0 Å². The number of nitrogens with one attached hydrogen (secondary N) is 1. The Morgan fingerprint density at radius 1 is 1.10 bits per heavy atom. The van der Waals surface area contributed by atoms with Crippen LogP contribution in [0.4, 0.5) is 0 Å². The molecule has 3 heteroatoms. The van der Waals surface area contributed by atoms with Gasteiger partial charge in [-0.2, -0.15) is 0 Å². The van der Waals surface area contributed by atoms with Crippen molar-refractivity contribution in [3.8, 4) is 0 Å². The molecule has 0 saturated carbocycles. The molecule has 2 aromatic rings. The van der Waals surface area contributed by atoms with Crippen molar-refractivity contribution in [2.24, 2.45) is 0 Å². The zero-order valence-corrected chi connectivity index (χ0v) is 14.3. The number of likely N-dealkylation sites (N-methyl/N-ethyl adjacent to an activating group) is 1. The highest BCUT2D eigenvalue weighted by Gasteiger charge is 2.14. The molecule has 0 aliphatic heterocycles. The lowest BCUT2D eigenvalue weighted by molar-refractivity contribution is 0.589. The fraction of sp³-hybridized carbons (Fsp3) is 0.294. The van der Waals surface area contributed by atoms with Crippen molar-refractivity contribution in [1.29, 1.82) is 0 Å². The van der Waals surface area contributed by atoms with Crippen LogP contribution in [-0.4, -0.2) is 7.05 Å². The van der Waals surface area contributed by atoms with E-state index < -0.39 is 0 Å². The maximum atomic E-state index is 6.12. The van der Waals surface area contributed by atoms with Gasteiger partial charge < -0.3 is 5.32 Å². The molecule has 0 saturated heterocycles. The van der Waals surface area contributed by atoms with Crippen LogP contribution in [0.3, 0.4) is 0 Å². The van der Waals surface area contributed by atoms with Crippen molar-refractivity contribution in [2.45, 2.75) is 26.3 Å². The smallest absolute Gasteiger partial charge is 0.0410 e. The number of hydrogen-bond acceptors (Lipinski definition) is 1. The Hall–Kier alpha value is -0.830. The summed E-state index contributed by atoms with van der Waals surface area (Å²) in [6.07, 6.45) is 0.942. The molecule has 1 atom stereocenters. The average Bonchev–Trinajstić information content (AvgIpc) is 2.38. The van der Waals surface area contributed by atoms with Gasteiger partial charge in [0.1, 0.15) is 0 Å². The van der Waals surface area contributed by atoms with Crippen LogP contribution in [0.15, 0.2) is 40.9 Å². The Morgan fingerprint density at radius 3 is 2.35 bits per heavy atom. The standard InChI is InChI=1S/C17H19BrClN/c1-11-6-12(2)8-13(7-11)9-17(20-3)15-10-14(19)4-5-16(15)18/h4-8,10,17,20H,9H2,1-3H3. The molecule has 0 bridgehead atoms. The van der Waals surface area contributed by atoms with E-state index in [1.165, 1.54) is 22.3 Å². The lowest BCUT2D eigenvalue weighted by atomic mass is 9.96. The largest absolute Gasteiger partial charge is 0.313 e. The summed E-state index contributed by atoms with van der Waals surface area (Å²) in [5.74, 6) is 0. The van der Waals surface area contributed by atoms with E-state index in [0.717, 1.165) is 15.9 Å². The molecule has 2 aromatic carbocycles. The van der Waals surface area contributed by atoms with Crippen molar-refractivity contribution in [3.63, 3.8) is 0 Å². The van der Waals surface area contributed by atoms with E-state index in [2.05, 4.69) is 53.3 Å². The van der Waals surface area contributed by atoms with Gasteiger partial charge in [0.15, 0.2) is 0 Å². The van der Waals surface area contributed by atoms with Crippen LogP contribution in [0, 0.1) is 13.8 Å². The van der Waals surface area contributed by atoms with Gasteiger partial charge in [0, 0.05) is 15.5 Å². The van der Waals surface area contributed by atoms with E-state index in [0.29, 0.717) is 0 Å². The minimum Gasteiger partial charge on any atom is -0.313 e. The molecule has 0 heterocycles. The third-order valence-electron chi connectivity index (χ3n) is 3.40. The van der Waals surface area contributed by atoms with Crippen LogP contribution < -0.4 is 5.32 Å². The van der Waals surface area contributed by atoms with Crippen molar-refractivity contribution >= 4 is 27.5 Å². The number of rotatable bonds is 4. The van der Waals surface area contributed by atoms with Crippen LogP contribution in [0.5, 0.6) is 0 Å². The molecule has 0 fully saturated rings. The average molecular weight is 353 g/mol. The molecular formula is C17H19BrClN. The second-order valence-corrected chi connectivity index (χ2v) is 6.50. The van der Waals surface area contributed by atoms with Gasteiger partial charge >= 0.3 is 0 Å². The van der Waals surface area contributed by atoms with Gasteiger partial charge in [-0.3, -0.25) is 0 Å². The summed E-state index contributed by atoms with van der Waals surface area (Å²) in [6, 6.07) is 12.9. The fourth-order valence-corrected chi connectivity index (χ4v) is 3.28. The summed E-state index contributed by atoms with van der Waals surface area (Å²) in [4.78, 5) is 0. The zero-order valence-electron chi connectivity index (χ0n) is 12.0. The predicted octanol–water partition coefficient (Wildman–Crippen LogP) is 5.22. The fourth-order valence-electron chi connectivity index (χ4n) is 2.57. The van der Waals surface area contributed by atoms with Crippen LogP contribution >= 0.6 is 27.5 Å². The molecule has 1 unspecified atom stereocenters. The molecule has 1 nitrogen and oxygen atoms in total. The van der Waals surface area contributed by atoms with Gasteiger partial charge in [0.2, 0.25) is 0 Å². The first-order chi connectivity index (χ1) is 9.49.